The monoisotopic (exact) mass is 247 g/mol. The van der Waals surface area contributed by atoms with Crippen molar-refractivity contribution in [2.45, 2.75) is 13.0 Å². The van der Waals surface area contributed by atoms with E-state index in [1.807, 2.05) is 37.3 Å². The first kappa shape index (κ1) is 11.9. The van der Waals surface area contributed by atoms with Gasteiger partial charge in [0, 0.05) is 0 Å². The first-order valence-corrected chi connectivity index (χ1v) is 5.34. The molecule has 0 radical (unpaired) electrons. The topological polar surface area (TPSA) is 110 Å². The van der Waals surface area contributed by atoms with Crippen molar-refractivity contribution in [3.63, 3.8) is 0 Å². The highest BCUT2D eigenvalue weighted by atomic mass is 16.6. The second-order valence-electron chi connectivity index (χ2n) is 3.72. The van der Waals surface area contributed by atoms with Gasteiger partial charge in [-0.15, -0.1) is 0 Å². The normalized spacial score (nSPS) is 13.3. The number of rotatable bonds is 3. The van der Waals surface area contributed by atoms with E-state index in [1.165, 1.54) is 0 Å². The molecule has 7 heteroatoms. The minimum atomic E-state index is -0.0757. The predicted molar refractivity (Wildman–Crippen MR) is 65.0 cm³/mol. The van der Waals surface area contributed by atoms with Crippen LogP contribution in [0.5, 0.6) is 0 Å². The zero-order valence-corrected chi connectivity index (χ0v) is 9.74. The van der Waals surface area contributed by atoms with Gasteiger partial charge in [-0.2, -0.15) is 0 Å². The van der Waals surface area contributed by atoms with Crippen LogP contribution in [-0.2, 0) is 0 Å². The molecule has 0 saturated heterocycles. The highest BCUT2D eigenvalue weighted by Crippen LogP contribution is 2.13. The maximum Gasteiger partial charge on any atom is 0.199 e. The van der Waals surface area contributed by atoms with E-state index >= 15 is 0 Å². The third kappa shape index (κ3) is 2.40. The average molecular weight is 247 g/mol. The molecule has 0 fully saturated rings. The quantitative estimate of drug-likeness (QED) is 0.325. The minimum absolute atomic E-state index is 0.0653. The Bertz CT molecular complexity index is 537. The first-order valence-electron chi connectivity index (χ1n) is 5.34. The number of nitrogens with two attached hydrogens (primary N) is 1. The molecule has 0 bridgehead atoms. The van der Waals surface area contributed by atoms with E-state index in [2.05, 4.69) is 25.4 Å². The van der Waals surface area contributed by atoms with Gasteiger partial charge in [-0.25, -0.2) is 4.63 Å². The van der Waals surface area contributed by atoms with E-state index in [4.69, 9.17) is 10.9 Å². The van der Waals surface area contributed by atoms with Crippen LogP contribution < -0.4 is 11.1 Å². The van der Waals surface area contributed by atoms with E-state index in [9.17, 15) is 0 Å². The lowest BCUT2D eigenvalue weighted by molar-refractivity contribution is 0.303. The van der Waals surface area contributed by atoms with Crippen LogP contribution >= 0.6 is 0 Å². The van der Waals surface area contributed by atoms with E-state index in [0.29, 0.717) is 0 Å². The van der Waals surface area contributed by atoms with Crippen molar-refractivity contribution in [3.8, 4) is 0 Å². The standard InChI is InChI=1S/C11H13N5O2/c1-7(8-5-3-2-4-6-8)13-11(14-17)9-10(12)16-18-15-9/h2-7,17H,1H3,(H2,12,16)(H,13,14). The van der Waals surface area contributed by atoms with Crippen molar-refractivity contribution >= 4 is 11.7 Å². The second kappa shape index (κ2) is 5.17. The zero-order valence-electron chi connectivity index (χ0n) is 9.74. The van der Waals surface area contributed by atoms with Gasteiger partial charge in [-0.05, 0) is 22.8 Å². The number of hydrogen-bond donors (Lipinski definition) is 3. The number of aromatic nitrogens is 2. The summed E-state index contributed by atoms with van der Waals surface area (Å²) in [6.07, 6.45) is 0. The molecule has 18 heavy (non-hydrogen) atoms. The number of hydrogen-bond acceptors (Lipinski definition) is 6. The molecular formula is C11H13N5O2. The van der Waals surface area contributed by atoms with Crippen LogP contribution in [0, 0.1) is 0 Å². The molecule has 0 amide bonds. The van der Waals surface area contributed by atoms with E-state index in [1.54, 1.807) is 0 Å². The number of nitrogen functional groups attached to an aromatic ring is 1. The van der Waals surface area contributed by atoms with Crippen molar-refractivity contribution in [2.75, 3.05) is 5.73 Å². The summed E-state index contributed by atoms with van der Waals surface area (Å²) in [5, 5.41) is 22.1. The van der Waals surface area contributed by atoms with Crippen molar-refractivity contribution in [1.29, 1.82) is 0 Å². The molecular weight excluding hydrogens is 234 g/mol. The Hall–Kier alpha value is -2.57. The fourth-order valence-electron chi connectivity index (χ4n) is 1.53. The maximum atomic E-state index is 8.98. The van der Waals surface area contributed by atoms with E-state index < -0.39 is 0 Å². The Balaban J connectivity index is 2.16. The molecule has 4 N–H and O–H groups in total. The number of nitrogens with zero attached hydrogens (tertiary/aromatic N) is 3. The number of nitrogens with one attached hydrogen (secondary N) is 1. The Morgan fingerprint density at radius 3 is 2.67 bits per heavy atom. The molecule has 1 aromatic carbocycles. The lowest BCUT2D eigenvalue weighted by Crippen LogP contribution is -2.28. The van der Waals surface area contributed by atoms with Gasteiger partial charge in [0.15, 0.2) is 17.3 Å². The molecule has 0 aliphatic rings. The highest BCUT2D eigenvalue weighted by Gasteiger charge is 2.17. The molecule has 1 heterocycles. The largest absolute Gasteiger partial charge is 0.409 e. The van der Waals surface area contributed by atoms with Crippen molar-refractivity contribution < 1.29 is 9.84 Å². The zero-order chi connectivity index (χ0) is 13.0. The van der Waals surface area contributed by atoms with E-state index in [0.717, 1.165) is 5.56 Å². The highest BCUT2D eigenvalue weighted by molar-refractivity contribution is 6.00. The summed E-state index contributed by atoms with van der Waals surface area (Å²) in [6.45, 7) is 1.92. The van der Waals surface area contributed by atoms with Crippen LogP contribution in [0.1, 0.15) is 24.2 Å². The summed E-state index contributed by atoms with van der Waals surface area (Å²) in [4.78, 5) is 0. The van der Waals surface area contributed by atoms with Gasteiger partial charge in [-0.3, -0.25) is 0 Å². The van der Waals surface area contributed by atoms with Crippen LogP contribution in [0.3, 0.4) is 0 Å². The third-order valence-corrected chi connectivity index (χ3v) is 2.49. The number of benzene rings is 1. The predicted octanol–water partition coefficient (Wildman–Crippen LogP) is 1.14. The summed E-state index contributed by atoms with van der Waals surface area (Å²) >= 11 is 0. The van der Waals surface area contributed by atoms with Gasteiger partial charge in [0.1, 0.15) is 0 Å². The summed E-state index contributed by atoms with van der Waals surface area (Å²) < 4.78 is 4.46. The summed E-state index contributed by atoms with van der Waals surface area (Å²) in [5.74, 6) is 0.181. The fraction of sp³-hybridized carbons (Fsp3) is 0.182. The number of anilines is 1. The van der Waals surface area contributed by atoms with Crippen LogP contribution in [0.4, 0.5) is 5.82 Å². The molecule has 0 saturated carbocycles. The summed E-state index contributed by atoms with van der Waals surface area (Å²) in [5.41, 5.74) is 6.75. The Morgan fingerprint density at radius 2 is 2.11 bits per heavy atom. The summed E-state index contributed by atoms with van der Waals surface area (Å²) in [6, 6.07) is 9.61. The van der Waals surface area contributed by atoms with Crippen molar-refractivity contribution in [3.05, 3.63) is 41.6 Å². The Labute approximate surface area is 103 Å². The lowest BCUT2D eigenvalue weighted by Gasteiger charge is -2.14. The Morgan fingerprint density at radius 1 is 1.39 bits per heavy atom. The van der Waals surface area contributed by atoms with Gasteiger partial charge in [0.25, 0.3) is 0 Å². The SMILES string of the molecule is CC(N/C(=N\O)c1nonc1N)c1ccccc1. The average Bonchev–Trinajstić information content (AvgIpc) is 2.83. The van der Waals surface area contributed by atoms with Crippen molar-refractivity contribution in [2.24, 2.45) is 5.16 Å². The van der Waals surface area contributed by atoms with Gasteiger partial charge in [0.05, 0.1) is 6.04 Å². The molecule has 2 aromatic rings. The van der Waals surface area contributed by atoms with E-state index in [-0.39, 0.29) is 23.4 Å². The molecule has 1 aromatic heterocycles. The van der Waals surface area contributed by atoms with Crippen LogP contribution in [-0.4, -0.2) is 21.4 Å². The second-order valence-corrected chi connectivity index (χ2v) is 3.72. The van der Waals surface area contributed by atoms with Gasteiger partial charge < -0.3 is 16.3 Å². The van der Waals surface area contributed by atoms with Crippen LogP contribution in [0.15, 0.2) is 40.1 Å². The fourth-order valence-corrected chi connectivity index (χ4v) is 1.53. The van der Waals surface area contributed by atoms with Gasteiger partial charge in [-0.1, -0.05) is 35.5 Å². The van der Waals surface area contributed by atoms with Crippen LogP contribution in [0.2, 0.25) is 0 Å². The first-order chi connectivity index (χ1) is 8.72. The molecule has 1 atom stereocenters. The van der Waals surface area contributed by atoms with Gasteiger partial charge in [0.2, 0.25) is 0 Å². The number of amidine groups is 1. The number of oxime groups is 1. The maximum absolute atomic E-state index is 8.98. The molecule has 2 rings (SSSR count). The van der Waals surface area contributed by atoms with Crippen molar-refractivity contribution in [1.82, 2.24) is 15.6 Å². The smallest absolute Gasteiger partial charge is 0.199 e. The van der Waals surface area contributed by atoms with Gasteiger partial charge >= 0.3 is 0 Å². The molecule has 0 spiro atoms. The Kier molecular flexibility index (Phi) is 3.42. The summed E-state index contributed by atoms with van der Waals surface area (Å²) in [7, 11) is 0. The molecule has 1 unspecified atom stereocenters. The molecule has 0 aliphatic carbocycles. The molecule has 0 aliphatic heterocycles. The lowest BCUT2D eigenvalue weighted by atomic mass is 10.1. The molecule has 7 nitrogen and oxygen atoms in total. The van der Waals surface area contributed by atoms with Crippen LogP contribution in [0.25, 0.3) is 0 Å². The minimum Gasteiger partial charge on any atom is -0.409 e. The third-order valence-electron chi connectivity index (χ3n) is 2.49. The molecule has 94 valence electrons.